The van der Waals surface area contributed by atoms with E-state index in [4.69, 9.17) is 15.1 Å². The van der Waals surface area contributed by atoms with E-state index in [1.54, 1.807) is 6.07 Å². The van der Waals surface area contributed by atoms with Gasteiger partial charge in [-0.15, -0.1) is 0 Å². The summed E-state index contributed by atoms with van der Waals surface area (Å²) in [6.45, 7) is 0.0822. The van der Waals surface area contributed by atoms with Crippen LogP contribution in [0.15, 0.2) is 15.8 Å². The monoisotopic (exact) mass is 239 g/mol. The van der Waals surface area contributed by atoms with Crippen molar-refractivity contribution >= 4 is 0 Å². The number of aliphatic hydroxyl groups excluding tert-OH is 1. The van der Waals surface area contributed by atoms with Gasteiger partial charge in [-0.25, -0.2) is 4.79 Å². The lowest BCUT2D eigenvalue weighted by molar-refractivity contribution is 0.134. The van der Waals surface area contributed by atoms with E-state index in [1.807, 2.05) is 4.98 Å². The molecule has 0 fully saturated rings. The third kappa shape index (κ3) is 3.03. The molecule has 0 aliphatic rings. The Morgan fingerprint density at radius 3 is 2.88 bits per heavy atom. The fraction of sp³-hybridized carbons (Fsp3) is 0.500. The lowest BCUT2D eigenvalue weighted by Crippen LogP contribution is -2.35. The number of aromatic amines is 1. The van der Waals surface area contributed by atoms with Crippen LogP contribution in [0.4, 0.5) is 0 Å². The van der Waals surface area contributed by atoms with E-state index in [1.165, 1.54) is 17.9 Å². The summed E-state index contributed by atoms with van der Waals surface area (Å²) in [6.07, 6.45) is 1.48. The molecule has 0 aliphatic heterocycles. The fourth-order valence-corrected chi connectivity index (χ4v) is 1.48. The van der Waals surface area contributed by atoms with E-state index in [0.717, 1.165) is 0 Å². The van der Waals surface area contributed by atoms with Gasteiger partial charge in [-0.05, 0) is 6.42 Å². The second kappa shape index (κ2) is 5.98. The molecule has 0 saturated heterocycles. The molecule has 17 heavy (non-hydrogen) atoms. The Kier molecular flexibility index (Phi) is 4.63. The van der Waals surface area contributed by atoms with E-state index in [0.29, 0.717) is 6.42 Å². The first-order valence-electron chi connectivity index (χ1n) is 4.99. The molecule has 0 bridgehead atoms. The van der Waals surface area contributed by atoms with Gasteiger partial charge in [0.1, 0.15) is 11.6 Å². The van der Waals surface area contributed by atoms with Crippen LogP contribution < -0.4 is 11.2 Å². The predicted octanol–water partition coefficient (Wildman–Crippen LogP) is -1.02. The number of methoxy groups -OCH3 is 1. The van der Waals surface area contributed by atoms with Gasteiger partial charge in [0, 0.05) is 19.9 Å². The average Bonchev–Trinajstić information content (AvgIpc) is 2.29. The molecule has 1 unspecified atom stereocenters. The van der Waals surface area contributed by atoms with E-state index in [-0.39, 0.29) is 18.8 Å². The maximum absolute atomic E-state index is 11.6. The number of nitriles is 1. The number of H-pyrrole nitrogens is 1. The first kappa shape index (κ1) is 13.2. The van der Waals surface area contributed by atoms with Crippen molar-refractivity contribution in [3.63, 3.8) is 0 Å². The zero-order chi connectivity index (χ0) is 12.8. The Morgan fingerprint density at radius 2 is 2.35 bits per heavy atom. The predicted molar refractivity (Wildman–Crippen MR) is 58.7 cm³/mol. The molecule has 0 aliphatic carbocycles. The summed E-state index contributed by atoms with van der Waals surface area (Å²) >= 11 is 0. The molecule has 7 heteroatoms. The van der Waals surface area contributed by atoms with Gasteiger partial charge in [-0.2, -0.15) is 5.26 Å². The maximum Gasteiger partial charge on any atom is 0.328 e. The molecule has 1 rings (SSSR count). The second-order valence-electron chi connectivity index (χ2n) is 3.44. The minimum absolute atomic E-state index is 0.124. The third-order valence-corrected chi connectivity index (χ3v) is 2.30. The Labute approximate surface area is 96.9 Å². The van der Waals surface area contributed by atoms with Crippen LogP contribution in [0.3, 0.4) is 0 Å². The van der Waals surface area contributed by atoms with Crippen molar-refractivity contribution in [3.05, 3.63) is 32.6 Å². The molecule has 1 heterocycles. The van der Waals surface area contributed by atoms with Crippen LogP contribution in [0.1, 0.15) is 18.0 Å². The van der Waals surface area contributed by atoms with Crippen molar-refractivity contribution in [2.45, 2.75) is 12.5 Å². The van der Waals surface area contributed by atoms with E-state index < -0.39 is 17.3 Å². The lowest BCUT2D eigenvalue weighted by atomic mass is 10.2. The highest BCUT2D eigenvalue weighted by atomic mass is 16.5. The van der Waals surface area contributed by atoms with Crippen molar-refractivity contribution in [1.82, 2.24) is 9.55 Å². The van der Waals surface area contributed by atoms with Gasteiger partial charge < -0.3 is 9.84 Å². The molecule has 0 radical (unpaired) electrons. The van der Waals surface area contributed by atoms with Crippen LogP contribution >= 0.6 is 0 Å². The Balaban J connectivity index is 3.23. The Morgan fingerprint density at radius 1 is 1.65 bits per heavy atom. The number of ether oxygens (including phenoxy) is 1. The lowest BCUT2D eigenvalue weighted by Gasteiger charge is -2.17. The zero-order valence-corrected chi connectivity index (χ0v) is 9.34. The topological polar surface area (TPSA) is 108 Å². The number of nitrogens with one attached hydrogen (secondary N) is 1. The van der Waals surface area contributed by atoms with Crippen molar-refractivity contribution < 1.29 is 9.84 Å². The Bertz CT molecular complexity index is 520. The van der Waals surface area contributed by atoms with E-state index >= 15 is 0 Å². The molecule has 2 N–H and O–H groups in total. The van der Waals surface area contributed by atoms with Gasteiger partial charge in [0.2, 0.25) is 0 Å². The van der Waals surface area contributed by atoms with Crippen molar-refractivity contribution in [1.29, 1.82) is 5.26 Å². The quantitative estimate of drug-likeness (QED) is 0.683. The van der Waals surface area contributed by atoms with Gasteiger partial charge in [-0.1, -0.05) is 0 Å². The average molecular weight is 239 g/mol. The highest BCUT2D eigenvalue weighted by molar-refractivity contribution is 5.21. The highest BCUT2D eigenvalue weighted by Gasteiger charge is 2.14. The summed E-state index contributed by atoms with van der Waals surface area (Å²) in [5.41, 5.74) is -1.48. The van der Waals surface area contributed by atoms with Gasteiger partial charge in [-0.3, -0.25) is 14.3 Å². The maximum atomic E-state index is 11.6. The van der Waals surface area contributed by atoms with Crippen molar-refractivity contribution in [3.8, 4) is 6.07 Å². The van der Waals surface area contributed by atoms with Gasteiger partial charge in [0.05, 0.1) is 12.6 Å². The molecule has 1 aromatic rings. The molecule has 7 nitrogen and oxygen atoms in total. The summed E-state index contributed by atoms with van der Waals surface area (Å²) < 4.78 is 6.12. The van der Waals surface area contributed by atoms with Gasteiger partial charge in [0.25, 0.3) is 5.56 Å². The molecule has 1 aromatic heterocycles. The van der Waals surface area contributed by atoms with Crippen LogP contribution in [0.5, 0.6) is 0 Å². The molecule has 0 spiro atoms. The minimum atomic E-state index is -0.714. The first-order valence-corrected chi connectivity index (χ1v) is 4.99. The molecule has 0 aromatic carbocycles. The number of nitrogens with zero attached hydrogens (tertiary/aromatic N) is 2. The van der Waals surface area contributed by atoms with Crippen molar-refractivity contribution in [2.24, 2.45) is 0 Å². The molecule has 92 valence electrons. The smallest absolute Gasteiger partial charge is 0.328 e. The summed E-state index contributed by atoms with van der Waals surface area (Å²) in [6, 6.07) is 1.28. The van der Waals surface area contributed by atoms with Crippen LogP contribution in [-0.4, -0.2) is 35.0 Å². The molecule has 0 amide bonds. The molecule has 0 saturated carbocycles. The number of aromatic nitrogens is 2. The van der Waals surface area contributed by atoms with Crippen LogP contribution in [0.2, 0.25) is 0 Å². The van der Waals surface area contributed by atoms with Crippen LogP contribution in [-0.2, 0) is 4.74 Å². The van der Waals surface area contributed by atoms with Crippen molar-refractivity contribution in [2.75, 3.05) is 20.3 Å². The van der Waals surface area contributed by atoms with E-state index in [9.17, 15) is 9.59 Å². The SMILES string of the molecule is COCC(CCO)n1cc(C#N)c(=O)[nH]c1=O. The zero-order valence-electron chi connectivity index (χ0n) is 9.34. The number of aliphatic hydroxyl groups is 1. The number of hydrogen-bond donors (Lipinski definition) is 2. The minimum Gasteiger partial charge on any atom is -0.396 e. The summed E-state index contributed by atoms with van der Waals surface area (Å²) in [7, 11) is 1.46. The van der Waals surface area contributed by atoms with Gasteiger partial charge in [0.15, 0.2) is 0 Å². The molecule has 1 atom stereocenters. The fourth-order valence-electron chi connectivity index (χ4n) is 1.48. The highest BCUT2D eigenvalue weighted by Crippen LogP contribution is 2.08. The molecular formula is C10H13N3O4. The van der Waals surface area contributed by atoms with E-state index in [2.05, 4.69) is 0 Å². The summed E-state index contributed by atoms with van der Waals surface area (Å²) in [5.74, 6) is 0. The van der Waals surface area contributed by atoms with Gasteiger partial charge >= 0.3 is 5.69 Å². The number of hydrogen-bond acceptors (Lipinski definition) is 5. The normalized spacial score (nSPS) is 12.1. The third-order valence-electron chi connectivity index (χ3n) is 2.30. The summed E-state index contributed by atoms with van der Waals surface area (Å²) in [5, 5.41) is 17.6. The van der Waals surface area contributed by atoms with Crippen LogP contribution in [0.25, 0.3) is 0 Å². The Hall–Kier alpha value is -1.91. The second-order valence-corrected chi connectivity index (χ2v) is 3.44. The first-order chi connectivity index (χ1) is 8.13. The summed E-state index contributed by atoms with van der Waals surface area (Å²) in [4.78, 5) is 24.8. The molecular weight excluding hydrogens is 226 g/mol. The van der Waals surface area contributed by atoms with Crippen LogP contribution in [0, 0.1) is 11.3 Å². The number of rotatable bonds is 5. The largest absolute Gasteiger partial charge is 0.396 e. The standard InChI is InChI=1S/C10H13N3O4/c1-17-6-8(2-3-14)13-5-7(4-11)9(15)12-10(13)16/h5,8,14H,2-3,6H2,1H3,(H,12,15,16).